The summed E-state index contributed by atoms with van der Waals surface area (Å²) >= 11 is 0. The first-order chi connectivity index (χ1) is 16.5. The first kappa shape index (κ1) is 27.5. The zero-order valence-electron chi connectivity index (χ0n) is 20.2. The van der Waals surface area contributed by atoms with Crippen LogP contribution in [0, 0.1) is 0 Å². The van der Waals surface area contributed by atoms with Crippen LogP contribution in [-0.2, 0) is 14.3 Å². The Morgan fingerprint density at radius 3 is 2.56 bits per heavy atom. The number of carbonyl (C=O) groups excluding carboxylic acids is 4. The Labute approximate surface area is 201 Å². The Kier molecular flexibility index (Phi) is 11.7. The predicted molar refractivity (Wildman–Crippen MR) is 129 cm³/mol. The van der Waals surface area contributed by atoms with E-state index in [1.54, 1.807) is 18.2 Å². The van der Waals surface area contributed by atoms with Crippen LogP contribution in [0.1, 0.15) is 65.7 Å². The van der Waals surface area contributed by atoms with Gasteiger partial charge in [-0.25, -0.2) is 0 Å². The fraction of sp³-hybridized carbons (Fsp3) is 0.600. The Morgan fingerprint density at radius 1 is 1.21 bits per heavy atom. The molecule has 1 saturated heterocycles. The fourth-order valence-electron chi connectivity index (χ4n) is 4.00. The molecule has 1 atom stereocenters. The summed E-state index contributed by atoms with van der Waals surface area (Å²) in [6, 6.07) is 4.29. The van der Waals surface area contributed by atoms with Gasteiger partial charge in [-0.1, -0.05) is 19.3 Å². The van der Waals surface area contributed by atoms with Crippen LogP contribution in [0.5, 0.6) is 0 Å². The quantitative estimate of drug-likeness (QED) is 0.277. The van der Waals surface area contributed by atoms with Crippen LogP contribution in [0.3, 0.4) is 0 Å². The minimum absolute atomic E-state index is 0.131. The molecule has 1 unspecified atom stereocenters. The van der Waals surface area contributed by atoms with Crippen molar-refractivity contribution < 1.29 is 29.0 Å². The van der Waals surface area contributed by atoms with Crippen LogP contribution >= 0.6 is 0 Å². The number of rotatable bonds is 16. The number of unbranched alkanes of at least 4 members (excludes halogenated alkanes) is 4. The predicted octanol–water partition coefficient (Wildman–Crippen LogP) is 1.81. The summed E-state index contributed by atoms with van der Waals surface area (Å²) in [5.41, 5.74) is 1.29. The molecule has 9 heteroatoms. The summed E-state index contributed by atoms with van der Waals surface area (Å²) in [7, 11) is 2.98. The van der Waals surface area contributed by atoms with Crippen LogP contribution in [0.15, 0.2) is 18.2 Å². The van der Waals surface area contributed by atoms with E-state index in [0.717, 1.165) is 37.8 Å². The normalized spacial score (nSPS) is 14.3. The largest absolute Gasteiger partial charge is 0.396 e. The lowest BCUT2D eigenvalue weighted by Crippen LogP contribution is -2.52. The van der Waals surface area contributed by atoms with Crippen molar-refractivity contribution >= 4 is 30.1 Å². The highest BCUT2D eigenvalue weighted by molar-refractivity contribution is 6.04. The van der Waals surface area contributed by atoms with Gasteiger partial charge in [0.2, 0.25) is 5.91 Å². The lowest BCUT2D eigenvalue weighted by molar-refractivity contribution is -0.125. The second kappa shape index (κ2) is 14.5. The number of amides is 2. The fourth-order valence-corrected chi connectivity index (χ4v) is 4.00. The van der Waals surface area contributed by atoms with Gasteiger partial charge in [0.05, 0.1) is 11.7 Å². The third-order valence-electron chi connectivity index (χ3n) is 6.16. The van der Waals surface area contributed by atoms with Crippen molar-refractivity contribution in [3.63, 3.8) is 0 Å². The molecule has 1 heterocycles. The summed E-state index contributed by atoms with van der Waals surface area (Å²) in [6.45, 7) is 2.36. The summed E-state index contributed by atoms with van der Waals surface area (Å²) < 4.78 is 5.91. The van der Waals surface area contributed by atoms with Crippen molar-refractivity contribution in [3.8, 4) is 0 Å². The topological polar surface area (TPSA) is 116 Å². The van der Waals surface area contributed by atoms with Gasteiger partial charge in [0.15, 0.2) is 6.29 Å². The molecule has 0 bridgehead atoms. The molecular formula is C25H37N3O6. The number of nitrogens with zero attached hydrogens (tertiary/aromatic N) is 2. The third kappa shape index (κ3) is 7.63. The lowest BCUT2D eigenvalue weighted by atomic mass is 10.0. The smallest absolute Gasteiger partial charge is 0.255 e. The summed E-state index contributed by atoms with van der Waals surface area (Å²) in [6.07, 6.45) is 6.91. The van der Waals surface area contributed by atoms with Crippen LogP contribution in [0.4, 0.5) is 5.69 Å². The zero-order valence-corrected chi connectivity index (χ0v) is 20.2. The number of aldehydes is 2. The first-order valence-electron chi connectivity index (χ1n) is 12.0. The maximum Gasteiger partial charge on any atom is 0.255 e. The molecule has 1 aliphatic heterocycles. The molecule has 2 rings (SSSR count). The average molecular weight is 476 g/mol. The third-order valence-corrected chi connectivity index (χ3v) is 6.16. The van der Waals surface area contributed by atoms with Crippen molar-refractivity contribution in [2.24, 2.45) is 0 Å². The minimum Gasteiger partial charge on any atom is -0.396 e. The van der Waals surface area contributed by atoms with Gasteiger partial charge in [0.1, 0.15) is 12.3 Å². The molecule has 0 spiro atoms. The van der Waals surface area contributed by atoms with Crippen molar-refractivity contribution in [2.45, 2.75) is 57.1 Å². The number of anilines is 1. The van der Waals surface area contributed by atoms with Crippen molar-refractivity contribution in [2.75, 3.05) is 45.3 Å². The SMILES string of the molecule is CNC(=O)C(CCC=O)N(C)C(=O)c1cc(N2CC(OCCCCCCCO)C2)ccc1C=O. The standard InChI is InChI=1S/C25H37N3O6/c1-26-24(32)23(9-8-13-30)27(2)25(33)22-15-20(11-10-19(22)18-31)28-16-21(17-28)34-14-7-5-3-4-6-12-29/h10-11,13,15,18,21,23,29H,3-9,12,14,16-17H2,1-2H3,(H,26,32). The van der Waals surface area contributed by atoms with Gasteiger partial charge in [-0.15, -0.1) is 0 Å². The molecule has 1 aromatic carbocycles. The molecule has 2 amide bonds. The number of nitrogens with one attached hydrogen (secondary N) is 1. The second-order valence-electron chi connectivity index (χ2n) is 8.57. The summed E-state index contributed by atoms with van der Waals surface area (Å²) in [5.74, 6) is -0.810. The van der Waals surface area contributed by atoms with Gasteiger partial charge in [-0.2, -0.15) is 0 Å². The number of ether oxygens (including phenoxy) is 1. The van der Waals surface area contributed by atoms with Crippen LogP contribution in [-0.4, -0.2) is 86.9 Å². The molecule has 9 nitrogen and oxygen atoms in total. The maximum absolute atomic E-state index is 13.2. The van der Waals surface area contributed by atoms with Gasteiger partial charge >= 0.3 is 0 Å². The van der Waals surface area contributed by atoms with Gasteiger partial charge < -0.3 is 29.8 Å². The zero-order chi connectivity index (χ0) is 24.9. The van der Waals surface area contributed by atoms with Crippen LogP contribution in [0.2, 0.25) is 0 Å². The summed E-state index contributed by atoms with van der Waals surface area (Å²) in [4.78, 5) is 51.2. The van der Waals surface area contributed by atoms with E-state index in [0.29, 0.717) is 32.3 Å². The molecule has 2 N–H and O–H groups in total. The summed E-state index contributed by atoms with van der Waals surface area (Å²) in [5, 5.41) is 11.3. The number of aliphatic hydroxyl groups excluding tert-OH is 1. The molecule has 34 heavy (non-hydrogen) atoms. The average Bonchev–Trinajstić information content (AvgIpc) is 2.83. The number of likely N-dealkylation sites (N-methyl/N-ethyl adjacent to an activating group) is 2. The Balaban J connectivity index is 1.97. The van der Waals surface area contributed by atoms with Gasteiger partial charge in [-0.05, 0) is 37.5 Å². The highest BCUT2D eigenvalue weighted by Crippen LogP contribution is 2.26. The van der Waals surface area contributed by atoms with Gasteiger partial charge in [-0.3, -0.25) is 14.4 Å². The second-order valence-corrected chi connectivity index (χ2v) is 8.57. The van der Waals surface area contributed by atoms with Crippen LogP contribution in [0.25, 0.3) is 0 Å². The number of hydrogen-bond donors (Lipinski definition) is 2. The molecule has 1 aliphatic rings. The molecule has 0 radical (unpaired) electrons. The van der Waals surface area contributed by atoms with E-state index in [1.165, 1.54) is 19.0 Å². The monoisotopic (exact) mass is 475 g/mol. The van der Waals surface area contributed by atoms with E-state index in [2.05, 4.69) is 10.2 Å². The lowest BCUT2D eigenvalue weighted by Gasteiger charge is -2.41. The molecule has 0 saturated carbocycles. The number of aliphatic hydroxyl groups is 1. The Bertz CT molecular complexity index is 825. The molecule has 0 aliphatic carbocycles. The van der Waals surface area contributed by atoms with E-state index in [9.17, 15) is 19.2 Å². The van der Waals surface area contributed by atoms with Crippen molar-refractivity contribution in [3.05, 3.63) is 29.3 Å². The van der Waals surface area contributed by atoms with Crippen molar-refractivity contribution in [1.29, 1.82) is 0 Å². The highest BCUT2D eigenvalue weighted by atomic mass is 16.5. The molecule has 0 aromatic heterocycles. The number of carbonyl (C=O) groups is 4. The van der Waals surface area contributed by atoms with E-state index in [1.807, 2.05) is 0 Å². The number of benzene rings is 1. The van der Waals surface area contributed by atoms with Gasteiger partial charge in [0, 0.05) is 58.1 Å². The molecule has 1 aromatic rings. The highest BCUT2D eigenvalue weighted by Gasteiger charge is 2.31. The van der Waals surface area contributed by atoms with Crippen molar-refractivity contribution in [1.82, 2.24) is 10.2 Å². The maximum atomic E-state index is 13.2. The molecular weight excluding hydrogens is 438 g/mol. The van der Waals surface area contributed by atoms with Crippen LogP contribution < -0.4 is 10.2 Å². The van der Waals surface area contributed by atoms with Gasteiger partial charge in [0.25, 0.3) is 5.91 Å². The van der Waals surface area contributed by atoms with E-state index < -0.39 is 11.9 Å². The Morgan fingerprint density at radius 2 is 1.91 bits per heavy atom. The first-order valence-corrected chi connectivity index (χ1v) is 12.0. The number of hydrogen-bond acceptors (Lipinski definition) is 7. The van der Waals surface area contributed by atoms with E-state index >= 15 is 0 Å². The molecule has 188 valence electrons. The van der Waals surface area contributed by atoms with E-state index in [4.69, 9.17) is 9.84 Å². The Hall–Kier alpha value is -2.78. The van der Waals surface area contributed by atoms with E-state index in [-0.39, 0.29) is 42.6 Å². The molecule has 1 fully saturated rings. The minimum atomic E-state index is -0.809.